The number of nitrogen functional groups attached to an aromatic ring is 1. The number of nitrogens with zero attached hydrogens (tertiary/aromatic N) is 2. The molecule has 4 nitrogen and oxygen atoms in total. The van der Waals surface area contributed by atoms with Crippen molar-refractivity contribution < 1.29 is 4.79 Å². The second kappa shape index (κ2) is 3.57. The monoisotopic (exact) mass is 255 g/mol. The Labute approximate surface area is 90.2 Å². The molecule has 5 heteroatoms. The van der Waals surface area contributed by atoms with Crippen molar-refractivity contribution in [2.45, 2.75) is 11.2 Å². The fraction of sp³-hybridized carbons (Fsp3) is 0.333. The molecule has 14 heavy (non-hydrogen) atoms. The van der Waals surface area contributed by atoms with E-state index in [1.807, 2.05) is 0 Å². The quantitative estimate of drug-likeness (QED) is 0.767. The van der Waals surface area contributed by atoms with E-state index in [4.69, 9.17) is 5.73 Å². The van der Waals surface area contributed by atoms with E-state index in [9.17, 15) is 4.79 Å². The summed E-state index contributed by atoms with van der Waals surface area (Å²) in [5.74, 6) is 1.16. The number of pyridine rings is 1. The highest BCUT2D eigenvalue weighted by Crippen LogP contribution is 2.23. The first-order valence-corrected chi connectivity index (χ1v) is 5.25. The number of aromatic nitrogens is 1. The largest absolute Gasteiger partial charge is 0.384 e. The molecule has 2 heterocycles. The standard InChI is InChI=1S/C9H10BrN3O/c10-6-4-9(14)13(5-6)8-3-1-2-7(11)12-8/h1-3,6H,4-5H2,(H2,11,12). The van der Waals surface area contributed by atoms with Crippen molar-refractivity contribution in [3.8, 4) is 0 Å². The Morgan fingerprint density at radius 1 is 1.57 bits per heavy atom. The Bertz CT molecular complexity index is 369. The topological polar surface area (TPSA) is 59.2 Å². The molecule has 1 atom stereocenters. The predicted molar refractivity (Wildman–Crippen MR) is 58.3 cm³/mol. The summed E-state index contributed by atoms with van der Waals surface area (Å²) in [5.41, 5.74) is 5.55. The van der Waals surface area contributed by atoms with E-state index in [2.05, 4.69) is 20.9 Å². The zero-order valence-electron chi connectivity index (χ0n) is 7.48. The van der Waals surface area contributed by atoms with Crippen molar-refractivity contribution in [3.63, 3.8) is 0 Å². The van der Waals surface area contributed by atoms with Crippen LogP contribution in [0.15, 0.2) is 18.2 Å². The van der Waals surface area contributed by atoms with Crippen molar-refractivity contribution in [2.75, 3.05) is 17.2 Å². The normalized spacial score (nSPS) is 21.6. The molecule has 1 aromatic rings. The fourth-order valence-electron chi connectivity index (χ4n) is 1.48. The van der Waals surface area contributed by atoms with E-state index in [1.165, 1.54) is 0 Å². The number of rotatable bonds is 1. The first kappa shape index (κ1) is 9.45. The number of hydrogen-bond acceptors (Lipinski definition) is 3. The number of amides is 1. The van der Waals surface area contributed by atoms with Gasteiger partial charge in [-0.05, 0) is 12.1 Å². The van der Waals surface area contributed by atoms with Gasteiger partial charge in [0.15, 0.2) is 0 Å². The third kappa shape index (κ3) is 1.72. The molecule has 1 fully saturated rings. The molecule has 2 rings (SSSR count). The van der Waals surface area contributed by atoms with E-state index >= 15 is 0 Å². The summed E-state index contributed by atoms with van der Waals surface area (Å²) in [7, 11) is 0. The van der Waals surface area contributed by atoms with Gasteiger partial charge in [0.2, 0.25) is 5.91 Å². The average molecular weight is 256 g/mol. The van der Waals surface area contributed by atoms with Crippen LogP contribution in [0.1, 0.15) is 6.42 Å². The van der Waals surface area contributed by atoms with Gasteiger partial charge in [-0.1, -0.05) is 22.0 Å². The number of carbonyl (C=O) groups excluding carboxylic acids is 1. The molecule has 0 aromatic carbocycles. The van der Waals surface area contributed by atoms with E-state index < -0.39 is 0 Å². The summed E-state index contributed by atoms with van der Waals surface area (Å²) in [6.45, 7) is 0.662. The fourth-order valence-corrected chi connectivity index (χ4v) is 2.04. The van der Waals surface area contributed by atoms with E-state index in [0.29, 0.717) is 24.6 Å². The summed E-state index contributed by atoms with van der Waals surface area (Å²) in [5, 5.41) is 0. The number of anilines is 2. The third-order valence-corrected chi connectivity index (χ3v) is 2.72. The molecule has 2 N–H and O–H groups in total. The lowest BCUT2D eigenvalue weighted by atomic mass is 10.4. The van der Waals surface area contributed by atoms with Gasteiger partial charge in [0, 0.05) is 17.8 Å². The molecule has 1 aliphatic rings. The lowest BCUT2D eigenvalue weighted by Crippen LogP contribution is -2.25. The molecule has 74 valence electrons. The van der Waals surface area contributed by atoms with Crippen LogP contribution < -0.4 is 10.6 Å². The van der Waals surface area contributed by atoms with Gasteiger partial charge in [0.1, 0.15) is 11.6 Å². The van der Waals surface area contributed by atoms with Gasteiger partial charge in [-0.2, -0.15) is 0 Å². The van der Waals surface area contributed by atoms with E-state index in [-0.39, 0.29) is 10.7 Å². The Morgan fingerprint density at radius 2 is 2.36 bits per heavy atom. The van der Waals surface area contributed by atoms with Crippen molar-refractivity contribution in [3.05, 3.63) is 18.2 Å². The molecule has 0 spiro atoms. The van der Waals surface area contributed by atoms with Crippen LogP contribution in [0.2, 0.25) is 0 Å². The molecule has 0 saturated carbocycles. The van der Waals surface area contributed by atoms with Crippen LogP contribution in [0.4, 0.5) is 11.6 Å². The lowest BCUT2D eigenvalue weighted by Gasteiger charge is -2.14. The van der Waals surface area contributed by atoms with Gasteiger partial charge in [-0.3, -0.25) is 9.69 Å². The Hall–Kier alpha value is -1.10. The first-order valence-electron chi connectivity index (χ1n) is 4.34. The minimum atomic E-state index is 0.0879. The number of hydrogen-bond donors (Lipinski definition) is 1. The maximum Gasteiger partial charge on any atom is 0.229 e. The van der Waals surface area contributed by atoms with Crippen LogP contribution in [0, 0.1) is 0 Å². The average Bonchev–Trinajstić information content (AvgIpc) is 2.45. The Balaban J connectivity index is 2.27. The maximum absolute atomic E-state index is 11.5. The van der Waals surface area contributed by atoms with Crippen LogP contribution in [-0.4, -0.2) is 22.3 Å². The molecule has 0 bridgehead atoms. The van der Waals surface area contributed by atoms with Crippen LogP contribution >= 0.6 is 15.9 Å². The molecule has 0 radical (unpaired) electrons. The lowest BCUT2D eigenvalue weighted by molar-refractivity contribution is -0.117. The molecule has 1 unspecified atom stereocenters. The van der Waals surface area contributed by atoms with Gasteiger partial charge in [0.05, 0.1) is 0 Å². The number of carbonyl (C=O) groups is 1. The van der Waals surface area contributed by atoms with Gasteiger partial charge in [-0.25, -0.2) is 4.98 Å². The molecule has 1 amide bonds. The summed E-state index contributed by atoms with van der Waals surface area (Å²) in [6, 6.07) is 5.29. The Morgan fingerprint density at radius 3 is 2.93 bits per heavy atom. The first-order chi connectivity index (χ1) is 6.66. The van der Waals surface area contributed by atoms with Crippen LogP contribution in [0.25, 0.3) is 0 Å². The number of alkyl halides is 1. The highest BCUT2D eigenvalue weighted by molar-refractivity contribution is 9.09. The van der Waals surface area contributed by atoms with Crippen molar-refractivity contribution in [2.24, 2.45) is 0 Å². The zero-order valence-corrected chi connectivity index (χ0v) is 9.07. The summed E-state index contributed by atoms with van der Waals surface area (Å²) in [4.78, 5) is 17.5. The van der Waals surface area contributed by atoms with Gasteiger partial charge >= 0.3 is 0 Å². The van der Waals surface area contributed by atoms with Crippen LogP contribution in [0.5, 0.6) is 0 Å². The highest BCUT2D eigenvalue weighted by Gasteiger charge is 2.29. The SMILES string of the molecule is Nc1cccc(N2CC(Br)CC2=O)n1. The van der Waals surface area contributed by atoms with Crippen molar-refractivity contribution >= 4 is 33.5 Å². The third-order valence-electron chi connectivity index (χ3n) is 2.11. The highest BCUT2D eigenvalue weighted by atomic mass is 79.9. The molecule has 1 aliphatic heterocycles. The minimum Gasteiger partial charge on any atom is -0.384 e. The molecular weight excluding hydrogens is 246 g/mol. The molecule has 1 saturated heterocycles. The van der Waals surface area contributed by atoms with Gasteiger partial charge in [0.25, 0.3) is 0 Å². The van der Waals surface area contributed by atoms with Crippen molar-refractivity contribution in [1.82, 2.24) is 4.98 Å². The molecule has 1 aromatic heterocycles. The summed E-state index contributed by atoms with van der Waals surface area (Å²) in [6.07, 6.45) is 0.524. The number of halogens is 1. The maximum atomic E-state index is 11.5. The smallest absolute Gasteiger partial charge is 0.229 e. The molecule has 0 aliphatic carbocycles. The molecular formula is C9H10BrN3O. The summed E-state index contributed by atoms with van der Waals surface area (Å²) >= 11 is 3.41. The van der Waals surface area contributed by atoms with Gasteiger partial charge in [-0.15, -0.1) is 0 Å². The van der Waals surface area contributed by atoms with Gasteiger partial charge < -0.3 is 5.73 Å². The second-order valence-electron chi connectivity index (χ2n) is 3.23. The predicted octanol–water partition coefficient (Wildman–Crippen LogP) is 1.16. The van der Waals surface area contributed by atoms with E-state index in [1.54, 1.807) is 23.1 Å². The minimum absolute atomic E-state index is 0.0879. The summed E-state index contributed by atoms with van der Waals surface area (Å²) < 4.78 is 0. The van der Waals surface area contributed by atoms with Crippen molar-refractivity contribution in [1.29, 1.82) is 0 Å². The number of nitrogens with two attached hydrogens (primary N) is 1. The van der Waals surface area contributed by atoms with E-state index in [0.717, 1.165) is 0 Å². The Kier molecular flexibility index (Phi) is 2.41. The van der Waals surface area contributed by atoms with Crippen LogP contribution in [-0.2, 0) is 4.79 Å². The zero-order chi connectivity index (χ0) is 10.1. The second-order valence-corrected chi connectivity index (χ2v) is 4.52. The van der Waals surface area contributed by atoms with Crippen LogP contribution in [0.3, 0.4) is 0 Å².